The third-order valence-electron chi connectivity index (χ3n) is 4.60. The molecule has 2 atom stereocenters. The van der Waals surface area contributed by atoms with Crippen molar-refractivity contribution in [1.29, 1.82) is 0 Å². The van der Waals surface area contributed by atoms with Crippen molar-refractivity contribution in [2.75, 3.05) is 5.75 Å². The van der Waals surface area contributed by atoms with Crippen LogP contribution in [0.3, 0.4) is 0 Å². The summed E-state index contributed by atoms with van der Waals surface area (Å²) in [7, 11) is 0. The van der Waals surface area contributed by atoms with E-state index in [9.17, 15) is 0 Å². The minimum absolute atomic E-state index is 0.417. The van der Waals surface area contributed by atoms with Gasteiger partial charge in [-0.2, -0.15) is 11.8 Å². The van der Waals surface area contributed by atoms with Crippen molar-refractivity contribution < 1.29 is 0 Å². The standard InChI is InChI=1S/C15H30S.C2H2/c1-12-8-7-9-13(10-12)16-11-15(5,6)14(2,3)4;1-2/h12-13H,7-11H2,1-6H3;1-2H. The van der Waals surface area contributed by atoms with E-state index in [-0.39, 0.29) is 0 Å². The SMILES string of the molecule is C#C.CC1CCCC(SCC(C)(C)C(C)(C)C)C1. The van der Waals surface area contributed by atoms with Gasteiger partial charge in [0.25, 0.3) is 0 Å². The van der Waals surface area contributed by atoms with Crippen LogP contribution in [0.4, 0.5) is 0 Å². The van der Waals surface area contributed by atoms with Crippen LogP contribution in [0.1, 0.15) is 67.2 Å². The molecule has 0 aromatic rings. The highest BCUT2D eigenvalue weighted by molar-refractivity contribution is 7.99. The van der Waals surface area contributed by atoms with Crippen molar-refractivity contribution in [3.05, 3.63) is 0 Å². The van der Waals surface area contributed by atoms with E-state index >= 15 is 0 Å². The van der Waals surface area contributed by atoms with E-state index in [0.717, 1.165) is 11.2 Å². The van der Waals surface area contributed by atoms with Gasteiger partial charge in [-0.15, -0.1) is 12.8 Å². The van der Waals surface area contributed by atoms with Crippen LogP contribution in [0.2, 0.25) is 0 Å². The molecule has 0 N–H and O–H groups in total. The molecule has 1 heteroatoms. The minimum Gasteiger partial charge on any atom is -0.158 e. The molecule has 0 heterocycles. The average Bonchev–Trinajstić information content (AvgIpc) is 2.28. The second-order valence-corrected chi connectivity index (χ2v) is 8.63. The molecule has 1 fully saturated rings. The largest absolute Gasteiger partial charge is 0.158 e. The summed E-state index contributed by atoms with van der Waals surface area (Å²) in [6, 6.07) is 0. The van der Waals surface area contributed by atoms with Gasteiger partial charge >= 0.3 is 0 Å². The highest BCUT2D eigenvalue weighted by Crippen LogP contribution is 2.43. The van der Waals surface area contributed by atoms with Crippen LogP contribution >= 0.6 is 11.8 Å². The molecule has 0 saturated heterocycles. The van der Waals surface area contributed by atoms with Gasteiger partial charge in [-0.3, -0.25) is 0 Å². The van der Waals surface area contributed by atoms with Crippen molar-refractivity contribution in [3.63, 3.8) is 0 Å². The Balaban J connectivity index is 0.00000137. The van der Waals surface area contributed by atoms with Gasteiger partial charge in [0.1, 0.15) is 0 Å². The lowest BCUT2D eigenvalue weighted by Crippen LogP contribution is -2.33. The molecule has 1 rings (SSSR count). The first-order valence-corrected chi connectivity index (χ1v) is 8.22. The Morgan fingerprint density at radius 3 is 2.06 bits per heavy atom. The van der Waals surface area contributed by atoms with Gasteiger partial charge in [0.15, 0.2) is 0 Å². The molecular formula is C17H32S. The van der Waals surface area contributed by atoms with Crippen LogP contribution in [0, 0.1) is 29.6 Å². The van der Waals surface area contributed by atoms with Crippen molar-refractivity contribution in [3.8, 4) is 12.8 Å². The molecule has 0 aromatic carbocycles. The summed E-state index contributed by atoms with van der Waals surface area (Å²) >= 11 is 2.23. The molecule has 1 saturated carbocycles. The van der Waals surface area contributed by atoms with E-state index < -0.39 is 0 Å². The maximum absolute atomic E-state index is 4.00. The number of hydrogen-bond donors (Lipinski definition) is 0. The molecule has 18 heavy (non-hydrogen) atoms. The molecule has 0 radical (unpaired) electrons. The maximum atomic E-state index is 4.00. The zero-order chi connectivity index (χ0) is 14.4. The highest BCUT2D eigenvalue weighted by Gasteiger charge is 2.33. The van der Waals surface area contributed by atoms with Crippen molar-refractivity contribution in [2.45, 2.75) is 72.5 Å². The number of thioether (sulfide) groups is 1. The fourth-order valence-corrected chi connectivity index (χ4v) is 3.96. The molecular weight excluding hydrogens is 236 g/mol. The third kappa shape index (κ3) is 5.70. The zero-order valence-corrected chi connectivity index (χ0v) is 14.1. The summed E-state index contributed by atoms with van der Waals surface area (Å²) < 4.78 is 0. The molecule has 106 valence electrons. The van der Waals surface area contributed by atoms with E-state index in [4.69, 9.17) is 0 Å². The summed E-state index contributed by atoms with van der Waals surface area (Å²) in [6.45, 7) is 14.4. The van der Waals surface area contributed by atoms with Gasteiger partial charge < -0.3 is 0 Å². The van der Waals surface area contributed by atoms with Gasteiger partial charge in [-0.25, -0.2) is 0 Å². The van der Waals surface area contributed by atoms with Crippen molar-refractivity contribution >= 4 is 11.8 Å². The summed E-state index contributed by atoms with van der Waals surface area (Å²) in [4.78, 5) is 0. The lowest BCUT2D eigenvalue weighted by molar-refractivity contribution is 0.162. The number of terminal acetylenes is 1. The minimum atomic E-state index is 0.417. The first-order chi connectivity index (χ1) is 8.22. The predicted octanol–water partition coefficient (Wildman–Crippen LogP) is 5.62. The molecule has 0 nitrogen and oxygen atoms in total. The summed E-state index contributed by atoms with van der Waals surface area (Å²) in [5, 5.41) is 0.936. The maximum Gasteiger partial charge on any atom is 0.00497 e. The second-order valence-electron chi connectivity index (χ2n) is 7.34. The number of rotatable bonds is 3. The van der Waals surface area contributed by atoms with Crippen LogP contribution in [0.25, 0.3) is 0 Å². The first-order valence-electron chi connectivity index (χ1n) is 7.17. The van der Waals surface area contributed by atoms with E-state index in [1.54, 1.807) is 0 Å². The van der Waals surface area contributed by atoms with Crippen molar-refractivity contribution in [2.24, 2.45) is 16.7 Å². The molecule has 0 amide bonds. The molecule has 0 aliphatic heterocycles. The lowest BCUT2D eigenvalue weighted by Gasteiger charge is -2.40. The van der Waals surface area contributed by atoms with Gasteiger partial charge in [-0.1, -0.05) is 54.4 Å². The summed E-state index contributed by atoms with van der Waals surface area (Å²) in [6.07, 6.45) is 13.8. The van der Waals surface area contributed by atoms with Gasteiger partial charge in [0.05, 0.1) is 0 Å². The fraction of sp³-hybridized carbons (Fsp3) is 0.882. The van der Waals surface area contributed by atoms with E-state index in [0.29, 0.717) is 10.8 Å². The zero-order valence-electron chi connectivity index (χ0n) is 13.3. The van der Waals surface area contributed by atoms with Crippen LogP contribution in [-0.2, 0) is 0 Å². The van der Waals surface area contributed by atoms with Gasteiger partial charge in [-0.05, 0) is 35.3 Å². The van der Waals surface area contributed by atoms with Crippen molar-refractivity contribution in [1.82, 2.24) is 0 Å². The molecule has 1 aliphatic rings. The molecule has 0 bridgehead atoms. The Morgan fingerprint density at radius 2 is 1.61 bits per heavy atom. The Morgan fingerprint density at radius 1 is 1.06 bits per heavy atom. The molecule has 2 unspecified atom stereocenters. The molecule has 0 spiro atoms. The van der Waals surface area contributed by atoms with Crippen LogP contribution in [0.5, 0.6) is 0 Å². The molecule has 0 aromatic heterocycles. The second kappa shape index (κ2) is 7.49. The Labute approximate surface area is 120 Å². The quantitative estimate of drug-likeness (QED) is 0.599. The van der Waals surface area contributed by atoms with E-state index in [1.807, 2.05) is 0 Å². The number of hydrogen-bond acceptors (Lipinski definition) is 1. The Kier molecular flexibility index (Phi) is 7.45. The lowest BCUT2D eigenvalue weighted by atomic mass is 9.71. The topological polar surface area (TPSA) is 0 Å². The summed E-state index contributed by atoms with van der Waals surface area (Å²) in [5.74, 6) is 2.28. The normalized spacial score (nSPS) is 25.1. The van der Waals surface area contributed by atoms with E-state index in [2.05, 4.69) is 66.2 Å². The fourth-order valence-electron chi connectivity index (χ4n) is 2.07. The van der Waals surface area contributed by atoms with Gasteiger partial charge in [0, 0.05) is 5.25 Å². The van der Waals surface area contributed by atoms with Crippen LogP contribution < -0.4 is 0 Å². The first kappa shape index (κ1) is 17.9. The monoisotopic (exact) mass is 268 g/mol. The smallest absolute Gasteiger partial charge is 0.00497 e. The third-order valence-corrected chi connectivity index (χ3v) is 6.39. The van der Waals surface area contributed by atoms with Crippen LogP contribution in [-0.4, -0.2) is 11.0 Å². The predicted molar refractivity (Wildman–Crippen MR) is 87.0 cm³/mol. The van der Waals surface area contributed by atoms with E-state index in [1.165, 1.54) is 31.4 Å². The van der Waals surface area contributed by atoms with Crippen LogP contribution in [0.15, 0.2) is 0 Å². The summed E-state index contributed by atoms with van der Waals surface area (Å²) in [5.41, 5.74) is 0.860. The molecule has 1 aliphatic carbocycles. The Hall–Kier alpha value is -0.0900. The Bertz CT molecular complexity index is 244. The average molecular weight is 269 g/mol. The van der Waals surface area contributed by atoms with Gasteiger partial charge in [0.2, 0.25) is 0 Å². The highest BCUT2D eigenvalue weighted by atomic mass is 32.2.